The van der Waals surface area contributed by atoms with Gasteiger partial charge in [0.2, 0.25) is 0 Å². The van der Waals surface area contributed by atoms with Gasteiger partial charge < -0.3 is 15.2 Å². The SMILES string of the molecule is Cc1cc(C(=O)N[C@@H]2CCO[C@@H]2C(=O)O)ncn1. The van der Waals surface area contributed by atoms with Crippen LogP contribution in [0.25, 0.3) is 0 Å². The number of carbonyl (C=O) groups excluding carboxylic acids is 1. The van der Waals surface area contributed by atoms with E-state index in [0.29, 0.717) is 18.7 Å². The van der Waals surface area contributed by atoms with Gasteiger partial charge in [0, 0.05) is 12.3 Å². The molecule has 2 heterocycles. The summed E-state index contributed by atoms with van der Waals surface area (Å²) in [6, 6.07) is 1.02. The van der Waals surface area contributed by atoms with Gasteiger partial charge in [0.25, 0.3) is 5.91 Å². The zero-order valence-corrected chi connectivity index (χ0v) is 9.79. The molecule has 1 aliphatic heterocycles. The van der Waals surface area contributed by atoms with Crippen molar-refractivity contribution >= 4 is 11.9 Å². The monoisotopic (exact) mass is 251 g/mol. The number of amides is 1. The van der Waals surface area contributed by atoms with Gasteiger partial charge in [-0.15, -0.1) is 0 Å². The number of rotatable bonds is 3. The Balaban J connectivity index is 2.05. The molecular weight excluding hydrogens is 238 g/mol. The van der Waals surface area contributed by atoms with Crippen LogP contribution in [-0.2, 0) is 9.53 Å². The maximum atomic E-state index is 11.9. The molecule has 7 heteroatoms. The number of aliphatic carboxylic acids is 1. The summed E-state index contributed by atoms with van der Waals surface area (Å²) in [5, 5.41) is 11.5. The van der Waals surface area contributed by atoms with Crippen molar-refractivity contribution in [2.75, 3.05) is 6.61 Å². The minimum absolute atomic E-state index is 0.221. The predicted octanol–water partition coefficient (Wildman–Crippen LogP) is -0.243. The first kappa shape index (κ1) is 12.4. The molecule has 1 aromatic heterocycles. The van der Waals surface area contributed by atoms with Gasteiger partial charge in [0.05, 0.1) is 6.04 Å². The van der Waals surface area contributed by atoms with Crippen molar-refractivity contribution in [2.45, 2.75) is 25.5 Å². The van der Waals surface area contributed by atoms with Crippen LogP contribution in [0.3, 0.4) is 0 Å². The fourth-order valence-electron chi connectivity index (χ4n) is 1.80. The number of aryl methyl sites for hydroxylation is 1. The number of carbonyl (C=O) groups is 2. The van der Waals surface area contributed by atoms with Gasteiger partial charge in [-0.2, -0.15) is 0 Å². The van der Waals surface area contributed by atoms with Crippen molar-refractivity contribution in [1.29, 1.82) is 0 Å². The molecule has 2 N–H and O–H groups in total. The molecule has 0 spiro atoms. The Labute approximate surface area is 103 Å². The molecule has 1 saturated heterocycles. The highest BCUT2D eigenvalue weighted by atomic mass is 16.5. The maximum absolute atomic E-state index is 11.9. The Morgan fingerprint density at radius 1 is 1.50 bits per heavy atom. The Hall–Kier alpha value is -2.02. The normalized spacial score (nSPS) is 22.7. The van der Waals surface area contributed by atoms with Gasteiger partial charge in [0.1, 0.15) is 12.0 Å². The van der Waals surface area contributed by atoms with Crippen molar-refractivity contribution in [3.8, 4) is 0 Å². The first-order valence-electron chi connectivity index (χ1n) is 5.52. The van der Waals surface area contributed by atoms with E-state index in [9.17, 15) is 9.59 Å². The van der Waals surface area contributed by atoms with Crippen molar-refractivity contribution in [3.05, 3.63) is 23.8 Å². The summed E-state index contributed by atoms with van der Waals surface area (Å²) < 4.78 is 5.04. The van der Waals surface area contributed by atoms with E-state index in [-0.39, 0.29) is 5.69 Å². The second kappa shape index (κ2) is 5.09. The smallest absolute Gasteiger partial charge is 0.334 e. The van der Waals surface area contributed by atoms with Crippen LogP contribution in [0.2, 0.25) is 0 Å². The molecule has 1 aliphatic rings. The lowest BCUT2D eigenvalue weighted by Crippen LogP contribution is -2.44. The molecule has 1 amide bonds. The molecule has 0 aliphatic carbocycles. The first-order chi connectivity index (χ1) is 8.58. The average molecular weight is 251 g/mol. The maximum Gasteiger partial charge on any atom is 0.334 e. The van der Waals surface area contributed by atoms with Crippen molar-refractivity contribution in [2.24, 2.45) is 0 Å². The Kier molecular flexibility index (Phi) is 3.52. The van der Waals surface area contributed by atoms with Crippen LogP contribution < -0.4 is 5.32 Å². The summed E-state index contributed by atoms with van der Waals surface area (Å²) in [6.45, 7) is 2.07. The molecule has 0 unspecified atom stereocenters. The van der Waals surface area contributed by atoms with E-state index in [1.54, 1.807) is 13.0 Å². The van der Waals surface area contributed by atoms with Gasteiger partial charge in [-0.05, 0) is 19.4 Å². The number of hydrogen-bond acceptors (Lipinski definition) is 5. The van der Waals surface area contributed by atoms with Crippen LogP contribution in [0.5, 0.6) is 0 Å². The zero-order chi connectivity index (χ0) is 13.1. The molecule has 0 radical (unpaired) electrons. The highest BCUT2D eigenvalue weighted by Crippen LogP contribution is 2.14. The van der Waals surface area contributed by atoms with Gasteiger partial charge in [-0.3, -0.25) is 4.79 Å². The third-order valence-corrected chi connectivity index (χ3v) is 2.69. The first-order valence-corrected chi connectivity index (χ1v) is 5.52. The Morgan fingerprint density at radius 2 is 2.28 bits per heavy atom. The standard InChI is InChI=1S/C11H13N3O4/c1-6-4-8(13-5-12-6)10(15)14-7-2-3-18-9(7)11(16)17/h4-5,7,9H,2-3H2,1H3,(H,14,15)(H,16,17)/t7-,9+/m1/s1. The summed E-state index contributed by atoms with van der Waals surface area (Å²) in [5.74, 6) is -1.49. The zero-order valence-electron chi connectivity index (χ0n) is 9.79. The van der Waals surface area contributed by atoms with E-state index in [4.69, 9.17) is 9.84 Å². The summed E-state index contributed by atoms with van der Waals surface area (Å²) >= 11 is 0. The molecule has 0 bridgehead atoms. The second-order valence-corrected chi connectivity index (χ2v) is 4.04. The lowest BCUT2D eigenvalue weighted by atomic mass is 10.1. The number of nitrogens with one attached hydrogen (secondary N) is 1. The highest BCUT2D eigenvalue weighted by molar-refractivity contribution is 5.93. The lowest BCUT2D eigenvalue weighted by Gasteiger charge is -2.15. The van der Waals surface area contributed by atoms with E-state index < -0.39 is 24.0 Å². The van der Waals surface area contributed by atoms with Gasteiger partial charge in [-0.1, -0.05) is 0 Å². The van der Waals surface area contributed by atoms with Crippen LogP contribution >= 0.6 is 0 Å². The summed E-state index contributed by atoms with van der Waals surface area (Å²) in [5.41, 5.74) is 0.895. The molecule has 0 aromatic carbocycles. The number of carboxylic acid groups (broad SMARTS) is 1. The molecular formula is C11H13N3O4. The minimum Gasteiger partial charge on any atom is -0.479 e. The van der Waals surface area contributed by atoms with E-state index in [1.165, 1.54) is 6.33 Å². The molecule has 0 saturated carbocycles. The van der Waals surface area contributed by atoms with Crippen LogP contribution in [0.4, 0.5) is 0 Å². The number of nitrogens with zero attached hydrogens (tertiary/aromatic N) is 2. The molecule has 96 valence electrons. The average Bonchev–Trinajstić information content (AvgIpc) is 2.77. The van der Waals surface area contributed by atoms with Crippen molar-refractivity contribution in [3.63, 3.8) is 0 Å². The topological polar surface area (TPSA) is 101 Å². The van der Waals surface area contributed by atoms with Crippen molar-refractivity contribution in [1.82, 2.24) is 15.3 Å². The Morgan fingerprint density at radius 3 is 2.94 bits per heavy atom. The van der Waals surface area contributed by atoms with E-state index in [2.05, 4.69) is 15.3 Å². The molecule has 1 aromatic rings. The molecule has 1 fully saturated rings. The van der Waals surface area contributed by atoms with Crippen LogP contribution in [-0.4, -0.2) is 45.7 Å². The van der Waals surface area contributed by atoms with Gasteiger partial charge in [-0.25, -0.2) is 14.8 Å². The van der Waals surface area contributed by atoms with E-state index in [1.807, 2.05) is 0 Å². The fourth-order valence-corrected chi connectivity index (χ4v) is 1.80. The molecule has 2 atom stereocenters. The van der Waals surface area contributed by atoms with Crippen LogP contribution in [0, 0.1) is 6.92 Å². The fraction of sp³-hybridized carbons (Fsp3) is 0.455. The number of carboxylic acids is 1. The largest absolute Gasteiger partial charge is 0.479 e. The summed E-state index contributed by atoms with van der Waals surface area (Å²) in [6.07, 6.45) is 0.786. The van der Waals surface area contributed by atoms with Gasteiger partial charge >= 0.3 is 5.97 Å². The van der Waals surface area contributed by atoms with Crippen LogP contribution in [0.15, 0.2) is 12.4 Å². The number of aromatic nitrogens is 2. The third kappa shape index (κ3) is 2.62. The Bertz CT molecular complexity index is 477. The highest BCUT2D eigenvalue weighted by Gasteiger charge is 2.35. The molecule has 2 rings (SSSR count). The quantitative estimate of drug-likeness (QED) is 0.768. The molecule has 18 heavy (non-hydrogen) atoms. The number of hydrogen-bond donors (Lipinski definition) is 2. The second-order valence-electron chi connectivity index (χ2n) is 4.04. The summed E-state index contributed by atoms with van der Waals surface area (Å²) in [4.78, 5) is 30.5. The van der Waals surface area contributed by atoms with E-state index >= 15 is 0 Å². The molecule has 7 nitrogen and oxygen atoms in total. The van der Waals surface area contributed by atoms with E-state index in [0.717, 1.165) is 0 Å². The predicted molar refractivity (Wildman–Crippen MR) is 60.0 cm³/mol. The lowest BCUT2D eigenvalue weighted by molar-refractivity contribution is -0.148. The van der Waals surface area contributed by atoms with Crippen LogP contribution in [0.1, 0.15) is 22.6 Å². The third-order valence-electron chi connectivity index (χ3n) is 2.69. The summed E-state index contributed by atoms with van der Waals surface area (Å²) in [7, 11) is 0. The van der Waals surface area contributed by atoms with Gasteiger partial charge in [0.15, 0.2) is 6.10 Å². The van der Waals surface area contributed by atoms with Crippen molar-refractivity contribution < 1.29 is 19.4 Å². The minimum atomic E-state index is -1.07. The number of ether oxygens (including phenoxy) is 1.